The van der Waals surface area contributed by atoms with E-state index in [1.807, 2.05) is 0 Å². The summed E-state index contributed by atoms with van der Waals surface area (Å²) in [5.41, 5.74) is -4.05. The van der Waals surface area contributed by atoms with E-state index in [0.29, 0.717) is 22.4 Å². The highest BCUT2D eigenvalue weighted by atomic mass is 32.2. The molecular weight excluding hydrogens is 388 g/mol. The number of hydrogen-bond acceptors (Lipinski definition) is 4. The van der Waals surface area contributed by atoms with Gasteiger partial charge in [0.1, 0.15) is 17.7 Å². The second kappa shape index (κ2) is 6.93. The van der Waals surface area contributed by atoms with Gasteiger partial charge < -0.3 is 9.72 Å². The zero-order valence-electron chi connectivity index (χ0n) is 13.9. The quantitative estimate of drug-likeness (QED) is 0.652. The molecule has 0 radical (unpaired) electrons. The van der Waals surface area contributed by atoms with Crippen LogP contribution in [0.3, 0.4) is 0 Å². The Hall–Kier alpha value is -2.46. The van der Waals surface area contributed by atoms with E-state index in [1.165, 1.54) is 30.3 Å². The molecule has 144 valence electrons. The fourth-order valence-corrected chi connectivity index (χ4v) is 3.34. The maximum absolute atomic E-state index is 13.3. The van der Waals surface area contributed by atoms with E-state index < -0.39 is 32.2 Å². The Labute approximate surface area is 151 Å². The molecule has 0 saturated heterocycles. The molecule has 3 rings (SSSR count). The predicted octanol–water partition coefficient (Wildman–Crippen LogP) is 4.12. The summed E-state index contributed by atoms with van der Waals surface area (Å²) >= 11 is 0. The number of fused-ring (bicyclic) bond motifs is 1. The van der Waals surface area contributed by atoms with Gasteiger partial charge in [-0.05, 0) is 36.8 Å². The van der Waals surface area contributed by atoms with Crippen molar-refractivity contribution in [2.45, 2.75) is 23.4 Å². The molecule has 1 unspecified atom stereocenters. The third kappa shape index (κ3) is 3.67. The Morgan fingerprint density at radius 2 is 1.81 bits per heavy atom. The first-order valence-electron chi connectivity index (χ1n) is 7.81. The number of hydrogen-bond donors (Lipinski definition) is 1. The van der Waals surface area contributed by atoms with Crippen molar-refractivity contribution in [1.29, 1.82) is 0 Å². The van der Waals surface area contributed by atoms with Crippen molar-refractivity contribution in [3.8, 4) is 0 Å². The van der Waals surface area contributed by atoms with Gasteiger partial charge in [-0.2, -0.15) is 13.2 Å². The van der Waals surface area contributed by atoms with Crippen molar-refractivity contribution in [2.24, 2.45) is 0 Å². The minimum Gasteiger partial charge on any atom is -0.366 e. The number of alkyl halides is 3. The van der Waals surface area contributed by atoms with Gasteiger partial charge in [0.2, 0.25) is 0 Å². The van der Waals surface area contributed by atoms with Crippen LogP contribution in [0.4, 0.5) is 17.6 Å². The molecule has 1 aromatic heterocycles. The number of ether oxygens (including phenoxy) is 1. The monoisotopic (exact) mass is 402 g/mol. The van der Waals surface area contributed by atoms with E-state index in [0.717, 1.165) is 12.1 Å². The number of halogens is 4. The van der Waals surface area contributed by atoms with Crippen molar-refractivity contribution in [1.82, 2.24) is 9.97 Å². The molecule has 1 atom stereocenters. The summed E-state index contributed by atoms with van der Waals surface area (Å²) in [4.78, 5) is 6.37. The van der Waals surface area contributed by atoms with Crippen LogP contribution in [-0.2, 0) is 14.6 Å². The van der Waals surface area contributed by atoms with Crippen molar-refractivity contribution in [3.05, 3.63) is 59.7 Å². The van der Waals surface area contributed by atoms with E-state index in [-0.39, 0.29) is 6.61 Å². The lowest BCUT2D eigenvalue weighted by Crippen LogP contribution is -2.23. The molecule has 10 heteroatoms. The molecular formula is C17H14F4N2O3S. The summed E-state index contributed by atoms with van der Waals surface area (Å²) in [5.74, 6) is -0.140. The highest BCUT2D eigenvalue weighted by molar-refractivity contribution is 7.92. The van der Waals surface area contributed by atoms with Crippen LogP contribution in [-0.4, -0.2) is 30.5 Å². The summed E-state index contributed by atoms with van der Waals surface area (Å²) in [6.45, 7) is 1.98. The molecule has 5 nitrogen and oxygen atoms in total. The summed E-state index contributed by atoms with van der Waals surface area (Å²) in [6, 6.07) is 8.19. The minimum absolute atomic E-state index is 0.263. The first-order valence-corrected chi connectivity index (χ1v) is 9.30. The van der Waals surface area contributed by atoms with Crippen LogP contribution in [0, 0.1) is 5.82 Å². The average Bonchev–Trinajstić information content (AvgIpc) is 3.01. The Kier molecular flexibility index (Phi) is 4.96. The molecule has 2 aromatic carbocycles. The molecule has 3 aromatic rings. The maximum Gasteiger partial charge on any atom is 0.501 e. The Balaban J connectivity index is 2.00. The number of aromatic amines is 1. The summed E-state index contributed by atoms with van der Waals surface area (Å²) in [6.07, 6.45) is -0.784. The van der Waals surface area contributed by atoms with Crippen LogP contribution in [0.2, 0.25) is 0 Å². The van der Waals surface area contributed by atoms with Gasteiger partial charge in [-0.3, -0.25) is 0 Å². The standard InChI is InChI=1S/C17H14F4N2O3S/c1-2-26-15(16-22-13-8-5-11(18)9-14(13)23-16)10-3-6-12(7-4-10)27(24,25)17(19,20)21/h3-9,15H,2H2,1H3,(H,22,23). The third-order valence-corrected chi connectivity index (χ3v) is 5.35. The lowest BCUT2D eigenvalue weighted by atomic mass is 10.1. The SMILES string of the molecule is CCOC(c1ccc(S(=O)(=O)C(F)(F)F)cc1)c1nc2cc(F)ccc2[nH]1. The molecule has 1 heterocycles. The van der Waals surface area contributed by atoms with Gasteiger partial charge in [0.15, 0.2) is 0 Å². The van der Waals surface area contributed by atoms with Gasteiger partial charge in [0, 0.05) is 12.7 Å². The summed E-state index contributed by atoms with van der Waals surface area (Å²) in [5, 5.41) is 0. The van der Waals surface area contributed by atoms with Gasteiger partial charge in [-0.25, -0.2) is 17.8 Å². The summed E-state index contributed by atoms with van der Waals surface area (Å²) < 4.78 is 79.9. The molecule has 0 spiro atoms. The number of imidazole rings is 1. The second-order valence-corrected chi connectivity index (χ2v) is 7.58. The highest BCUT2D eigenvalue weighted by Gasteiger charge is 2.46. The van der Waals surface area contributed by atoms with Crippen molar-refractivity contribution in [3.63, 3.8) is 0 Å². The topological polar surface area (TPSA) is 72.1 Å². The van der Waals surface area contributed by atoms with E-state index >= 15 is 0 Å². The molecule has 0 amide bonds. The van der Waals surface area contributed by atoms with Crippen LogP contribution < -0.4 is 0 Å². The normalized spacial score (nSPS) is 13.8. The number of H-pyrrole nitrogens is 1. The van der Waals surface area contributed by atoms with Gasteiger partial charge in [-0.1, -0.05) is 12.1 Å². The van der Waals surface area contributed by atoms with Gasteiger partial charge in [0.25, 0.3) is 9.84 Å². The number of aromatic nitrogens is 2. The fourth-order valence-electron chi connectivity index (χ4n) is 2.58. The number of rotatable bonds is 5. The largest absolute Gasteiger partial charge is 0.501 e. The first-order chi connectivity index (χ1) is 12.6. The minimum atomic E-state index is -5.43. The van der Waals surface area contributed by atoms with Crippen molar-refractivity contribution in [2.75, 3.05) is 6.61 Å². The molecule has 0 aliphatic rings. The van der Waals surface area contributed by atoms with Crippen LogP contribution in [0.25, 0.3) is 11.0 Å². The van der Waals surface area contributed by atoms with Gasteiger partial charge >= 0.3 is 5.51 Å². The van der Waals surface area contributed by atoms with E-state index in [4.69, 9.17) is 4.74 Å². The number of nitrogens with zero attached hydrogens (tertiary/aromatic N) is 1. The first kappa shape index (κ1) is 19.3. The number of benzene rings is 2. The summed E-state index contributed by atoms with van der Waals surface area (Å²) in [7, 11) is -5.43. The molecule has 27 heavy (non-hydrogen) atoms. The molecule has 0 fully saturated rings. The number of nitrogens with one attached hydrogen (secondary N) is 1. The van der Waals surface area contributed by atoms with E-state index in [9.17, 15) is 26.0 Å². The predicted molar refractivity (Wildman–Crippen MR) is 89.2 cm³/mol. The maximum atomic E-state index is 13.3. The Morgan fingerprint density at radius 3 is 2.41 bits per heavy atom. The van der Waals surface area contributed by atoms with E-state index in [2.05, 4.69) is 9.97 Å². The lowest BCUT2D eigenvalue weighted by Gasteiger charge is -2.16. The van der Waals surface area contributed by atoms with Crippen LogP contribution in [0.15, 0.2) is 47.4 Å². The highest BCUT2D eigenvalue weighted by Crippen LogP contribution is 2.32. The van der Waals surface area contributed by atoms with E-state index in [1.54, 1.807) is 6.92 Å². The number of sulfone groups is 1. The molecule has 0 bridgehead atoms. The molecule has 0 aliphatic carbocycles. The Morgan fingerprint density at radius 1 is 1.15 bits per heavy atom. The van der Waals surface area contributed by atoms with Crippen molar-refractivity contribution < 1.29 is 30.7 Å². The van der Waals surface area contributed by atoms with Crippen LogP contribution in [0.5, 0.6) is 0 Å². The van der Waals surface area contributed by atoms with Crippen LogP contribution in [0.1, 0.15) is 24.4 Å². The van der Waals surface area contributed by atoms with Gasteiger partial charge in [-0.15, -0.1) is 0 Å². The zero-order valence-corrected chi connectivity index (χ0v) is 14.7. The fraction of sp³-hybridized carbons (Fsp3) is 0.235. The molecule has 0 aliphatic heterocycles. The average molecular weight is 402 g/mol. The van der Waals surface area contributed by atoms with Crippen molar-refractivity contribution >= 4 is 20.9 Å². The zero-order chi connectivity index (χ0) is 19.8. The Bertz CT molecular complexity index is 1060. The molecule has 1 N–H and O–H groups in total. The third-order valence-electron chi connectivity index (χ3n) is 3.84. The van der Waals surface area contributed by atoms with Gasteiger partial charge in [0.05, 0.1) is 15.9 Å². The smallest absolute Gasteiger partial charge is 0.366 e. The molecule has 0 saturated carbocycles. The lowest BCUT2D eigenvalue weighted by molar-refractivity contribution is -0.0436. The second-order valence-electron chi connectivity index (χ2n) is 5.64. The van der Waals surface area contributed by atoms with Crippen LogP contribution >= 0.6 is 0 Å².